The number of aromatic nitrogens is 1. The summed E-state index contributed by atoms with van der Waals surface area (Å²) in [4.78, 5) is 16.6. The van der Waals surface area contributed by atoms with Crippen molar-refractivity contribution in [1.82, 2.24) is 10.3 Å². The van der Waals surface area contributed by atoms with Crippen LogP contribution in [0, 0.1) is 17.8 Å². The third-order valence-electron chi connectivity index (χ3n) is 6.27. The molecule has 0 radical (unpaired) electrons. The maximum atomic E-state index is 13.0. The van der Waals surface area contributed by atoms with E-state index < -0.39 is 0 Å². The highest BCUT2D eigenvalue weighted by Gasteiger charge is 2.42. The number of benzene rings is 1. The summed E-state index contributed by atoms with van der Waals surface area (Å²) in [6.07, 6.45) is 8.65. The predicted molar refractivity (Wildman–Crippen MR) is 96.2 cm³/mol. The van der Waals surface area contributed by atoms with E-state index in [1.807, 2.05) is 12.1 Å². The number of aromatic amines is 1. The minimum absolute atomic E-state index is 0.121. The van der Waals surface area contributed by atoms with Crippen LogP contribution in [0.2, 0.25) is 0 Å². The van der Waals surface area contributed by atoms with Gasteiger partial charge in [-0.05, 0) is 74.3 Å². The molecule has 2 fully saturated rings. The van der Waals surface area contributed by atoms with Crippen molar-refractivity contribution in [2.24, 2.45) is 17.8 Å². The molecule has 1 aromatic carbocycles. The van der Waals surface area contributed by atoms with E-state index in [2.05, 4.69) is 23.3 Å². The summed E-state index contributed by atoms with van der Waals surface area (Å²) in [6.45, 7) is 2.33. The molecular formula is C21H26N2O. The third kappa shape index (κ3) is 2.45. The number of hydrogen-bond acceptors (Lipinski definition) is 1. The van der Waals surface area contributed by atoms with E-state index in [1.165, 1.54) is 48.7 Å². The van der Waals surface area contributed by atoms with Gasteiger partial charge in [-0.2, -0.15) is 0 Å². The second-order valence-corrected chi connectivity index (χ2v) is 8.33. The van der Waals surface area contributed by atoms with Crippen molar-refractivity contribution in [3.63, 3.8) is 0 Å². The number of nitrogens with one attached hydrogen (secondary N) is 2. The van der Waals surface area contributed by atoms with E-state index in [4.69, 9.17) is 0 Å². The highest BCUT2D eigenvalue weighted by atomic mass is 16.1. The molecule has 2 saturated carbocycles. The lowest BCUT2D eigenvalue weighted by Gasteiger charge is -2.18. The summed E-state index contributed by atoms with van der Waals surface area (Å²) < 4.78 is 0. The monoisotopic (exact) mass is 322 g/mol. The van der Waals surface area contributed by atoms with Gasteiger partial charge in [-0.1, -0.05) is 19.1 Å². The Morgan fingerprint density at radius 2 is 1.92 bits per heavy atom. The molecule has 0 spiro atoms. The normalized spacial score (nSPS) is 23.5. The molecule has 1 atom stereocenters. The second kappa shape index (κ2) is 5.37. The SMILES string of the molecule is CC1CCc2[nH]c3c(C(=O)NC(C4CC4)C4CC4)cccc3c2C1. The highest BCUT2D eigenvalue weighted by molar-refractivity contribution is 6.07. The van der Waals surface area contributed by atoms with Crippen LogP contribution in [0.3, 0.4) is 0 Å². The van der Waals surface area contributed by atoms with Crippen molar-refractivity contribution < 1.29 is 4.79 Å². The van der Waals surface area contributed by atoms with Crippen LogP contribution < -0.4 is 5.32 Å². The van der Waals surface area contributed by atoms with Gasteiger partial charge in [0.2, 0.25) is 0 Å². The molecule has 3 nitrogen and oxygen atoms in total. The zero-order chi connectivity index (χ0) is 16.3. The Kier molecular flexibility index (Phi) is 3.26. The fourth-order valence-electron chi connectivity index (χ4n) is 4.56. The van der Waals surface area contributed by atoms with Crippen LogP contribution in [0.25, 0.3) is 10.9 Å². The average molecular weight is 322 g/mol. The Morgan fingerprint density at radius 3 is 2.62 bits per heavy atom. The average Bonchev–Trinajstić information content (AvgIpc) is 3.49. The van der Waals surface area contributed by atoms with E-state index in [-0.39, 0.29) is 5.91 Å². The Labute approximate surface area is 143 Å². The molecule has 24 heavy (non-hydrogen) atoms. The van der Waals surface area contributed by atoms with Gasteiger partial charge < -0.3 is 10.3 Å². The van der Waals surface area contributed by atoms with Crippen LogP contribution in [-0.2, 0) is 12.8 Å². The number of amides is 1. The number of aryl methyl sites for hydroxylation is 1. The van der Waals surface area contributed by atoms with Gasteiger partial charge in [0.15, 0.2) is 0 Å². The zero-order valence-electron chi connectivity index (χ0n) is 14.4. The molecule has 0 aliphatic heterocycles. The lowest BCUT2D eigenvalue weighted by Crippen LogP contribution is -2.38. The third-order valence-corrected chi connectivity index (χ3v) is 6.27. The fraction of sp³-hybridized carbons (Fsp3) is 0.571. The Balaban J connectivity index is 1.49. The van der Waals surface area contributed by atoms with Crippen LogP contribution in [0.15, 0.2) is 18.2 Å². The van der Waals surface area contributed by atoms with Gasteiger partial charge in [-0.3, -0.25) is 4.79 Å². The molecule has 1 amide bonds. The Bertz CT molecular complexity index is 786. The number of rotatable bonds is 4. The molecule has 1 unspecified atom stereocenters. The van der Waals surface area contributed by atoms with Crippen LogP contribution in [0.5, 0.6) is 0 Å². The van der Waals surface area contributed by atoms with Crippen molar-refractivity contribution in [3.8, 4) is 0 Å². The minimum Gasteiger partial charge on any atom is -0.358 e. The van der Waals surface area contributed by atoms with Crippen molar-refractivity contribution in [2.75, 3.05) is 0 Å². The van der Waals surface area contributed by atoms with Crippen LogP contribution in [0.1, 0.15) is 60.6 Å². The standard InChI is InChI=1S/C21H26N2O/c1-12-5-10-18-17(11-12)15-3-2-4-16(20(15)22-18)21(24)23-19(13-6-7-13)14-8-9-14/h2-4,12-14,19,22H,5-11H2,1H3,(H,23,24). The first-order chi connectivity index (χ1) is 11.7. The van der Waals surface area contributed by atoms with Gasteiger partial charge in [0, 0.05) is 17.1 Å². The molecule has 1 heterocycles. The van der Waals surface area contributed by atoms with Crippen molar-refractivity contribution >= 4 is 16.8 Å². The summed E-state index contributed by atoms with van der Waals surface area (Å²) in [7, 11) is 0. The van der Waals surface area contributed by atoms with Crippen LogP contribution >= 0.6 is 0 Å². The summed E-state index contributed by atoms with van der Waals surface area (Å²) >= 11 is 0. The number of carbonyl (C=O) groups is 1. The van der Waals surface area contributed by atoms with Gasteiger partial charge in [0.05, 0.1) is 11.1 Å². The zero-order valence-corrected chi connectivity index (χ0v) is 14.4. The second-order valence-electron chi connectivity index (χ2n) is 8.33. The largest absolute Gasteiger partial charge is 0.358 e. The number of fused-ring (bicyclic) bond motifs is 3. The number of carbonyl (C=O) groups excluding carboxylic acids is 1. The molecule has 2 aromatic rings. The minimum atomic E-state index is 0.121. The first kappa shape index (κ1) is 14.6. The van der Waals surface area contributed by atoms with E-state index in [0.29, 0.717) is 6.04 Å². The lowest BCUT2D eigenvalue weighted by atomic mass is 9.87. The fourth-order valence-corrected chi connectivity index (χ4v) is 4.56. The first-order valence-electron chi connectivity index (χ1n) is 9.64. The molecule has 3 aliphatic carbocycles. The Hall–Kier alpha value is -1.77. The van der Waals surface area contributed by atoms with Crippen molar-refractivity contribution in [3.05, 3.63) is 35.0 Å². The number of para-hydroxylation sites is 1. The molecule has 2 N–H and O–H groups in total. The predicted octanol–water partition coefficient (Wildman–Crippen LogP) is 4.21. The van der Waals surface area contributed by atoms with Crippen LogP contribution in [-0.4, -0.2) is 16.9 Å². The summed E-state index contributed by atoms with van der Waals surface area (Å²) in [5.74, 6) is 2.33. The van der Waals surface area contributed by atoms with Gasteiger partial charge >= 0.3 is 0 Å². The van der Waals surface area contributed by atoms with E-state index >= 15 is 0 Å². The molecule has 0 bridgehead atoms. The van der Waals surface area contributed by atoms with E-state index in [0.717, 1.165) is 41.7 Å². The van der Waals surface area contributed by atoms with E-state index in [9.17, 15) is 4.79 Å². The van der Waals surface area contributed by atoms with Gasteiger partial charge in [-0.25, -0.2) is 0 Å². The lowest BCUT2D eigenvalue weighted by molar-refractivity contribution is 0.0928. The molecule has 3 aliphatic rings. The highest BCUT2D eigenvalue weighted by Crippen LogP contribution is 2.44. The summed E-state index contributed by atoms with van der Waals surface area (Å²) in [6, 6.07) is 6.63. The molecule has 5 rings (SSSR count). The molecular weight excluding hydrogens is 296 g/mol. The van der Waals surface area contributed by atoms with Gasteiger partial charge in [-0.15, -0.1) is 0 Å². The summed E-state index contributed by atoms with van der Waals surface area (Å²) in [5.41, 5.74) is 4.68. The molecule has 1 aromatic heterocycles. The molecule has 3 heteroatoms. The van der Waals surface area contributed by atoms with Crippen molar-refractivity contribution in [2.45, 2.75) is 57.9 Å². The number of hydrogen-bond donors (Lipinski definition) is 2. The Morgan fingerprint density at radius 1 is 1.17 bits per heavy atom. The van der Waals surface area contributed by atoms with Gasteiger partial charge in [0.25, 0.3) is 5.91 Å². The topological polar surface area (TPSA) is 44.9 Å². The number of H-pyrrole nitrogens is 1. The molecule has 0 saturated heterocycles. The van der Waals surface area contributed by atoms with Gasteiger partial charge in [0.1, 0.15) is 0 Å². The van der Waals surface area contributed by atoms with E-state index in [1.54, 1.807) is 0 Å². The van der Waals surface area contributed by atoms with Crippen LogP contribution in [0.4, 0.5) is 0 Å². The smallest absolute Gasteiger partial charge is 0.253 e. The summed E-state index contributed by atoms with van der Waals surface area (Å²) in [5, 5.41) is 4.64. The maximum Gasteiger partial charge on any atom is 0.253 e. The quantitative estimate of drug-likeness (QED) is 0.870. The maximum absolute atomic E-state index is 13.0. The van der Waals surface area contributed by atoms with Crippen molar-refractivity contribution in [1.29, 1.82) is 0 Å². The first-order valence-corrected chi connectivity index (χ1v) is 9.64. The molecule has 126 valence electrons.